The summed E-state index contributed by atoms with van der Waals surface area (Å²) in [7, 11) is 3.08. The van der Waals surface area contributed by atoms with E-state index < -0.39 is 6.03 Å². The van der Waals surface area contributed by atoms with E-state index in [9.17, 15) is 9.59 Å². The molecule has 0 aliphatic carbocycles. The molecule has 2 N–H and O–H groups in total. The molecular weight excluding hydrogens is 506 g/mol. The molecule has 0 unspecified atom stereocenters. The average Bonchev–Trinajstić information content (AvgIpc) is 3.39. The van der Waals surface area contributed by atoms with Crippen LogP contribution in [0, 0.1) is 6.92 Å². The molecule has 0 saturated carbocycles. The number of urea groups is 1. The number of methoxy groups -OCH3 is 2. The molecule has 4 rings (SSSR count). The van der Waals surface area contributed by atoms with E-state index in [1.165, 1.54) is 12.0 Å². The second-order valence-corrected chi connectivity index (χ2v) is 9.35. The lowest BCUT2D eigenvalue weighted by molar-refractivity contribution is -0.116. The number of anilines is 2. The summed E-state index contributed by atoms with van der Waals surface area (Å²) in [5, 5.41) is 10.6. The first-order valence-electron chi connectivity index (χ1n) is 13.2. The van der Waals surface area contributed by atoms with Gasteiger partial charge in [0.25, 0.3) is 0 Å². The zero-order valence-electron chi connectivity index (χ0n) is 23.3. The number of aryl methyl sites for hydroxylation is 1. The van der Waals surface area contributed by atoms with Gasteiger partial charge >= 0.3 is 6.03 Å². The number of ether oxygens (including phenoxy) is 2. The average molecular weight is 542 g/mol. The van der Waals surface area contributed by atoms with Crippen LogP contribution in [0.1, 0.15) is 25.3 Å². The molecule has 9 nitrogen and oxygen atoms in total. The summed E-state index contributed by atoms with van der Waals surface area (Å²) in [5.74, 6) is 1.25. The van der Waals surface area contributed by atoms with Crippen LogP contribution in [0.3, 0.4) is 0 Å². The van der Waals surface area contributed by atoms with Crippen LogP contribution >= 0.6 is 0 Å². The van der Waals surface area contributed by atoms with E-state index in [1.54, 1.807) is 30.0 Å². The Morgan fingerprint density at radius 3 is 2.35 bits per heavy atom. The number of carbonyl (C=O) groups excluding carboxylic acids is 2. The van der Waals surface area contributed by atoms with E-state index in [1.807, 2.05) is 74.5 Å². The first kappa shape index (κ1) is 28.2. The fraction of sp³-hybridized carbons (Fsp3) is 0.258. The number of benzene rings is 3. The van der Waals surface area contributed by atoms with Gasteiger partial charge in [-0.2, -0.15) is 5.10 Å². The smallest absolute Gasteiger partial charge is 0.322 e. The molecule has 40 heavy (non-hydrogen) atoms. The van der Waals surface area contributed by atoms with Gasteiger partial charge in [0.15, 0.2) is 0 Å². The van der Waals surface area contributed by atoms with Crippen molar-refractivity contribution in [3.8, 4) is 28.4 Å². The topological polar surface area (TPSA) is 97.7 Å². The molecule has 1 heterocycles. The summed E-state index contributed by atoms with van der Waals surface area (Å²) in [6, 6.07) is 24.2. The summed E-state index contributed by atoms with van der Waals surface area (Å²) in [6.07, 6.45) is 1.62. The van der Waals surface area contributed by atoms with Crippen LogP contribution in [0.5, 0.6) is 11.5 Å². The van der Waals surface area contributed by atoms with Gasteiger partial charge < -0.3 is 25.0 Å². The fourth-order valence-electron chi connectivity index (χ4n) is 4.16. The number of unbranched alkanes of at least 4 members (excludes halogenated alkanes) is 1. The van der Waals surface area contributed by atoms with E-state index in [2.05, 4.69) is 10.6 Å². The van der Waals surface area contributed by atoms with Gasteiger partial charge in [-0.3, -0.25) is 4.79 Å². The molecule has 9 heteroatoms. The molecule has 3 amide bonds. The number of nitrogens with zero attached hydrogens (tertiary/aromatic N) is 3. The Kier molecular flexibility index (Phi) is 9.40. The molecule has 208 valence electrons. The number of hydrogen-bond donors (Lipinski definition) is 2. The molecule has 0 radical (unpaired) electrons. The summed E-state index contributed by atoms with van der Waals surface area (Å²) in [6.45, 7) is 4.33. The number of amides is 3. The molecule has 0 saturated heterocycles. The number of nitrogens with one attached hydrogen (secondary N) is 2. The molecule has 0 aliphatic rings. The maximum Gasteiger partial charge on any atom is 0.322 e. The first-order chi connectivity index (χ1) is 19.4. The van der Waals surface area contributed by atoms with Gasteiger partial charge in [-0.25, -0.2) is 9.48 Å². The molecule has 0 aliphatic heterocycles. The minimum absolute atomic E-state index is 0.135. The van der Waals surface area contributed by atoms with E-state index >= 15 is 0 Å². The Labute approximate surface area is 234 Å². The fourth-order valence-corrected chi connectivity index (χ4v) is 4.16. The monoisotopic (exact) mass is 541 g/mol. The second kappa shape index (κ2) is 13.3. The predicted octanol–water partition coefficient (Wildman–Crippen LogP) is 6.14. The minimum Gasteiger partial charge on any atom is -0.497 e. The van der Waals surface area contributed by atoms with Crippen molar-refractivity contribution in [3.63, 3.8) is 0 Å². The maximum atomic E-state index is 13.3. The van der Waals surface area contributed by atoms with Crippen molar-refractivity contribution in [2.24, 2.45) is 0 Å². The molecule has 0 bridgehead atoms. The third kappa shape index (κ3) is 6.99. The first-order valence-corrected chi connectivity index (χ1v) is 13.2. The third-order valence-corrected chi connectivity index (χ3v) is 6.38. The van der Waals surface area contributed by atoms with E-state index in [0.29, 0.717) is 29.5 Å². The maximum absolute atomic E-state index is 13.3. The summed E-state index contributed by atoms with van der Waals surface area (Å²) in [5.41, 5.74) is 4.08. The van der Waals surface area contributed by atoms with E-state index in [4.69, 9.17) is 14.6 Å². The Morgan fingerprint density at radius 1 is 0.925 bits per heavy atom. The van der Waals surface area contributed by atoms with Crippen molar-refractivity contribution in [2.75, 3.05) is 37.9 Å². The lowest BCUT2D eigenvalue weighted by Crippen LogP contribution is -2.41. The lowest BCUT2D eigenvalue weighted by Gasteiger charge is -2.23. The van der Waals surface area contributed by atoms with Crippen molar-refractivity contribution in [3.05, 3.63) is 84.4 Å². The normalized spacial score (nSPS) is 10.6. The van der Waals surface area contributed by atoms with Gasteiger partial charge in [-0.05, 0) is 37.6 Å². The quantitative estimate of drug-likeness (QED) is 0.238. The molecule has 0 fully saturated rings. The van der Waals surface area contributed by atoms with Crippen LogP contribution in [0.4, 0.5) is 16.3 Å². The lowest BCUT2D eigenvalue weighted by atomic mass is 10.1. The molecular formula is C31H35N5O4. The SMILES string of the molecule is CCCCN(CC(=O)Nc1cc(-c2ccccc2)nn1-c1ccc(C)cc1)C(=O)Nc1ccc(OC)cc1OC. The zero-order valence-corrected chi connectivity index (χ0v) is 23.3. The number of hydrogen-bond acceptors (Lipinski definition) is 5. The van der Waals surface area contributed by atoms with Crippen molar-refractivity contribution >= 4 is 23.4 Å². The van der Waals surface area contributed by atoms with Crippen molar-refractivity contribution < 1.29 is 19.1 Å². The Balaban J connectivity index is 1.55. The predicted molar refractivity (Wildman–Crippen MR) is 157 cm³/mol. The van der Waals surface area contributed by atoms with Crippen molar-refractivity contribution in [1.82, 2.24) is 14.7 Å². The second-order valence-electron chi connectivity index (χ2n) is 9.35. The molecule has 1 aromatic heterocycles. The minimum atomic E-state index is -0.399. The standard InChI is InChI=1S/C31H35N5O4/c1-5-6-18-35(31(38)32-26-17-16-25(39-3)19-28(26)40-4)21-30(37)33-29-20-27(23-10-8-7-9-11-23)34-36(29)24-14-12-22(2)13-15-24/h7-17,19-20H,5-6,18,21H2,1-4H3,(H,32,38)(H,33,37). The van der Waals surface area contributed by atoms with Crippen molar-refractivity contribution in [2.45, 2.75) is 26.7 Å². The largest absolute Gasteiger partial charge is 0.497 e. The van der Waals surface area contributed by atoms with Crippen LogP contribution in [0.2, 0.25) is 0 Å². The van der Waals surface area contributed by atoms with E-state index in [0.717, 1.165) is 35.3 Å². The molecule has 3 aromatic carbocycles. The van der Waals surface area contributed by atoms with Gasteiger partial charge in [0.05, 0.1) is 31.3 Å². The van der Waals surface area contributed by atoms with Crippen LogP contribution < -0.4 is 20.1 Å². The van der Waals surface area contributed by atoms with Gasteiger partial charge in [-0.1, -0.05) is 61.4 Å². The summed E-state index contributed by atoms with van der Waals surface area (Å²) < 4.78 is 12.4. The number of aromatic nitrogens is 2. The Hall–Kier alpha value is -4.79. The highest BCUT2D eigenvalue weighted by atomic mass is 16.5. The summed E-state index contributed by atoms with van der Waals surface area (Å²) in [4.78, 5) is 28.1. The van der Waals surface area contributed by atoms with Gasteiger partial charge in [0, 0.05) is 24.2 Å². The van der Waals surface area contributed by atoms with E-state index in [-0.39, 0.29) is 12.5 Å². The summed E-state index contributed by atoms with van der Waals surface area (Å²) >= 11 is 0. The highest BCUT2D eigenvalue weighted by Crippen LogP contribution is 2.29. The highest BCUT2D eigenvalue weighted by molar-refractivity contribution is 5.97. The number of rotatable bonds is 11. The number of carbonyl (C=O) groups is 2. The molecule has 0 spiro atoms. The Bertz CT molecular complexity index is 1430. The van der Waals surface area contributed by atoms with Crippen LogP contribution in [0.15, 0.2) is 78.9 Å². The van der Waals surface area contributed by atoms with Gasteiger partial charge in [0.2, 0.25) is 5.91 Å². The van der Waals surface area contributed by atoms with Gasteiger partial charge in [0.1, 0.15) is 23.9 Å². The van der Waals surface area contributed by atoms with Crippen LogP contribution in [-0.4, -0.2) is 53.9 Å². The molecule has 0 atom stereocenters. The van der Waals surface area contributed by atoms with Crippen LogP contribution in [0.25, 0.3) is 16.9 Å². The highest BCUT2D eigenvalue weighted by Gasteiger charge is 2.21. The zero-order chi connectivity index (χ0) is 28.5. The third-order valence-electron chi connectivity index (χ3n) is 6.38. The Morgan fingerprint density at radius 2 is 1.68 bits per heavy atom. The van der Waals surface area contributed by atoms with Crippen molar-refractivity contribution in [1.29, 1.82) is 0 Å². The van der Waals surface area contributed by atoms with Crippen LogP contribution in [-0.2, 0) is 4.79 Å². The van der Waals surface area contributed by atoms with Gasteiger partial charge in [-0.15, -0.1) is 0 Å². The molecule has 4 aromatic rings.